The molecule has 0 aromatic carbocycles. The second-order valence-corrected chi connectivity index (χ2v) is 6.11. The van der Waals surface area contributed by atoms with E-state index in [0.717, 1.165) is 32.8 Å². The third-order valence-corrected chi connectivity index (χ3v) is 4.34. The number of ether oxygens (including phenoxy) is 1. The maximum Gasteiger partial charge on any atom is 0.0829 e. The Balaban J connectivity index is 2.52. The van der Waals surface area contributed by atoms with Crippen molar-refractivity contribution in [2.24, 2.45) is 0 Å². The predicted octanol–water partition coefficient (Wildman–Crippen LogP) is 2.83. The van der Waals surface area contributed by atoms with Crippen LogP contribution in [0.2, 0.25) is 0 Å². The van der Waals surface area contributed by atoms with Gasteiger partial charge in [-0.1, -0.05) is 13.8 Å². The van der Waals surface area contributed by atoms with Crippen LogP contribution in [0.15, 0.2) is 0 Å². The van der Waals surface area contributed by atoms with Crippen LogP contribution in [-0.4, -0.2) is 66.7 Å². The van der Waals surface area contributed by atoms with Gasteiger partial charge in [0.15, 0.2) is 0 Å². The van der Waals surface area contributed by atoms with Gasteiger partial charge in [-0.05, 0) is 26.7 Å². The molecule has 0 radical (unpaired) electrons. The van der Waals surface area contributed by atoms with Gasteiger partial charge in [0, 0.05) is 44.1 Å². The Kier molecular flexibility index (Phi) is 8.31. The van der Waals surface area contributed by atoms with Crippen molar-refractivity contribution in [1.82, 2.24) is 9.80 Å². The van der Waals surface area contributed by atoms with E-state index in [4.69, 9.17) is 16.3 Å². The van der Waals surface area contributed by atoms with Crippen molar-refractivity contribution in [2.75, 3.05) is 38.7 Å². The Hall–Kier alpha value is 0.170. The molecule has 3 nitrogen and oxygen atoms in total. The summed E-state index contributed by atoms with van der Waals surface area (Å²) in [5, 5.41) is 0. The van der Waals surface area contributed by atoms with Crippen LogP contribution < -0.4 is 0 Å². The van der Waals surface area contributed by atoms with E-state index in [0.29, 0.717) is 24.1 Å². The first-order valence-electron chi connectivity index (χ1n) is 7.77. The van der Waals surface area contributed by atoms with Crippen molar-refractivity contribution in [3.63, 3.8) is 0 Å². The molecule has 1 fully saturated rings. The minimum atomic E-state index is 0.333. The second-order valence-electron chi connectivity index (χ2n) is 5.74. The third-order valence-electron chi connectivity index (χ3n) is 4.17. The van der Waals surface area contributed by atoms with Gasteiger partial charge in [-0.3, -0.25) is 9.80 Å². The van der Waals surface area contributed by atoms with Crippen LogP contribution in [0, 0.1) is 0 Å². The first kappa shape index (κ1) is 17.2. The molecule has 0 bridgehead atoms. The maximum atomic E-state index is 5.96. The van der Waals surface area contributed by atoms with E-state index in [2.05, 4.69) is 37.5 Å². The molecule has 114 valence electrons. The van der Waals surface area contributed by atoms with Crippen molar-refractivity contribution >= 4 is 11.6 Å². The molecule has 4 heteroatoms. The van der Waals surface area contributed by atoms with E-state index < -0.39 is 0 Å². The summed E-state index contributed by atoms with van der Waals surface area (Å²) in [6, 6.07) is 1.25. The molecule has 0 aromatic rings. The van der Waals surface area contributed by atoms with Gasteiger partial charge in [0.05, 0.1) is 12.7 Å². The number of hydrogen-bond donors (Lipinski definition) is 0. The van der Waals surface area contributed by atoms with E-state index in [1.165, 1.54) is 12.8 Å². The van der Waals surface area contributed by atoms with Crippen LogP contribution in [0.1, 0.15) is 40.5 Å². The van der Waals surface area contributed by atoms with E-state index in [1.807, 2.05) is 0 Å². The molecule has 1 heterocycles. The number of morpholine rings is 1. The quantitative estimate of drug-likeness (QED) is 0.639. The Labute approximate surface area is 124 Å². The number of rotatable bonds is 8. The Bertz CT molecular complexity index is 234. The summed E-state index contributed by atoms with van der Waals surface area (Å²) in [5.41, 5.74) is 0. The van der Waals surface area contributed by atoms with Gasteiger partial charge in [0.2, 0.25) is 0 Å². The summed E-state index contributed by atoms with van der Waals surface area (Å²) < 4.78 is 5.95. The summed E-state index contributed by atoms with van der Waals surface area (Å²) in [7, 11) is 0. The van der Waals surface area contributed by atoms with E-state index >= 15 is 0 Å². The highest BCUT2D eigenvalue weighted by Crippen LogP contribution is 2.14. The van der Waals surface area contributed by atoms with Gasteiger partial charge >= 0.3 is 0 Å². The molecule has 0 spiro atoms. The normalized spacial score (nSPS) is 21.8. The van der Waals surface area contributed by atoms with Crippen LogP contribution in [-0.2, 0) is 4.74 Å². The molecule has 19 heavy (non-hydrogen) atoms. The number of halogens is 1. The zero-order chi connectivity index (χ0) is 14.3. The molecule has 0 saturated carbocycles. The maximum absolute atomic E-state index is 5.96. The van der Waals surface area contributed by atoms with Crippen molar-refractivity contribution in [1.29, 1.82) is 0 Å². The molecule has 1 rings (SSSR count). The molecule has 1 atom stereocenters. The molecule has 1 saturated heterocycles. The summed E-state index contributed by atoms with van der Waals surface area (Å²) in [6.07, 6.45) is 2.71. The summed E-state index contributed by atoms with van der Waals surface area (Å²) >= 11 is 5.96. The summed E-state index contributed by atoms with van der Waals surface area (Å²) in [6.45, 7) is 14.0. The third kappa shape index (κ3) is 5.58. The zero-order valence-corrected chi connectivity index (χ0v) is 13.8. The van der Waals surface area contributed by atoms with E-state index in [9.17, 15) is 0 Å². The topological polar surface area (TPSA) is 15.7 Å². The molecule has 0 N–H and O–H groups in total. The minimum Gasteiger partial charge on any atom is -0.374 e. The molecular weight excluding hydrogens is 260 g/mol. The molecule has 1 aliphatic rings. The second kappa shape index (κ2) is 9.17. The molecule has 0 aliphatic carbocycles. The van der Waals surface area contributed by atoms with Crippen molar-refractivity contribution in [2.45, 2.75) is 58.7 Å². The summed E-state index contributed by atoms with van der Waals surface area (Å²) in [5.74, 6) is 0.705. The van der Waals surface area contributed by atoms with Gasteiger partial charge < -0.3 is 4.74 Å². The van der Waals surface area contributed by atoms with Crippen LogP contribution in [0.4, 0.5) is 0 Å². The van der Waals surface area contributed by atoms with Crippen molar-refractivity contribution < 1.29 is 4.74 Å². The van der Waals surface area contributed by atoms with Gasteiger partial charge in [0.1, 0.15) is 0 Å². The lowest BCUT2D eigenvalue weighted by molar-refractivity contribution is -0.0565. The molecule has 0 amide bonds. The fourth-order valence-corrected chi connectivity index (χ4v) is 3.14. The summed E-state index contributed by atoms with van der Waals surface area (Å²) in [4.78, 5) is 5.03. The van der Waals surface area contributed by atoms with E-state index in [-0.39, 0.29) is 0 Å². The largest absolute Gasteiger partial charge is 0.374 e. The molecular formula is C15H31ClN2O. The van der Waals surface area contributed by atoms with Gasteiger partial charge in [-0.2, -0.15) is 0 Å². The van der Waals surface area contributed by atoms with Crippen molar-refractivity contribution in [3.05, 3.63) is 0 Å². The lowest BCUT2D eigenvalue weighted by Crippen LogP contribution is -2.51. The average Bonchev–Trinajstić information content (AvgIpc) is 2.40. The fourth-order valence-electron chi connectivity index (χ4n) is 2.92. The number of alkyl halides is 1. The van der Waals surface area contributed by atoms with Crippen LogP contribution >= 0.6 is 11.6 Å². The predicted molar refractivity (Wildman–Crippen MR) is 83.1 cm³/mol. The highest BCUT2D eigenvalue weighted by Gasteiger charge is 2.25. The molecule has 1 unspecified atom stereocenters. The number of hydrogen-bond acceptors (Lipinski definition) is 3. The Morgan fingerprint density at radius 1 is 1.32 bits per heavy atom. The van der Waals surface area contributed by atoms with Gasteiger partial charge in [0.25, 0.3) is 0 Å². The van der Waals surface area contributed by atoms with Gasteiger partial charge in [-0.15, -0.1) is 11.6 Å². The van der Waals surface area contributed by atoms with Gasteiger partial charge in [-0.25, -0.2) is 0 Å². The first-order valence-corrected chi connectivity index (χ1v) is 8.31. The van der Waals surface area contributed by atoms with Crippen LogP contribution in [0.3, 0.4) is 0 Å². The highest BCUT2D eigenvalue weighted by molar-refractivity contribution is 6.18. The highest BCUT2D eigenvalue weighted by atomic mass is 35.5. The van der Waals surface area contributed by atoms with E-state index in [1.54, 1.807) is 0 Å². The minimum absolute atomic E-state index is 0.333. The lowest BCUT2D eigenvalue weighted by Gasteiger charge is -2.39. The molecule has 1 aliphatic heterocycles. The lowest BCUT2D eigenvalue weighted by atomic mass is 10.1. The molecule has 0 aromatic heterocycles. The monoisotopic (exact) mass is 290 g/mol. The Morgan fingerprint density at radius 3 is 2.53 bits per heavy atom. The Morgan fingerprint density at radius 2 is 2.00 bits per heavy atom. The SMILES string of the molecule is CCC(CC)N(CCCl)CC1CN(C(C)C)CCO1. The van der Waals surface area contributed by atoms with Crippen LogP contribution in [0.5, 0.6) is 0 Å². The zero-order valence-electron chi connectivity index (χ0n) is 13.1. The smallest absolute Gasteiger partial charge is 0.0829 e. The fraction of sp³-hybridized carbons (Fsp3) is 1.00. The average molecular weight is 291 g/mol. The number of nitrogens with zero attached hydrogens (tertiary/aromatic N) is 2. The van der Waals surface area contributed by atoms with Crippen LogP contribution in [0.25, 0.3) is 0 Å². The standard InChI is InChI=1S/C15H31ClN2O/c1-5-14(6-2)18(8-7-16)12-15-11-17(13(3)4)9-10-19-15/h13-15H,5-12H2,1-4H3. The first-order chi connectivity index (χ1) is 9.12. The van der Waals surface area contributed by atoms with Crippen molar-refractivity contribution in [3.8, 4) is 0 Å².